The minimum absolute atomic E-state index is 0.307. The lowest BCUT2D eigenvalue weighted by Crippen LogP contribution is -2.19. The number of rotatable bonds is 4. The second-order valence-corrected chi connectivity index (χ2v) is 5.85. The van der Waals surface area contributed by atoms with Gasteiger partial charge in [0, 0.05) is 12.0 Å². The van der Waals surface area contributed by atoms with Crippen molar-refractivity contribution in [2.45, 2.75) is 31.6 Å². The van der Waals surface area contributed by atoms with Crippen LogP contribution in [0.3, 0.4) is 0 Å². The molecule has 1 fully saturated rings. The molecular weight excluding hydrogens is 230 g/mol. The first-order valence-electron chi connectivity index (χ1n) is 7.07. The Balaban J connectivity index is 1.76. The molecule has 0 bridgehead atoms. The molecule has 0 spiro atoms. The smallest absolute Gasteiger partial charge is 0.00762 e. The van der Waals surface area contributed by atoms with Crippen LogP contribution in [-0.4, -0.2) is 6.54 Å². The highest BCUT2D eigenvalue weighted by atomic mass is 14.7. The van der Waals surface area contributed by atoms with Gasteiger partial charge >= 0.3 is 0 Å². The highest BCUT2D eigenvalue weighted by molar-refractivity contribution is 5.36. The fourth-order valence-electron chi connectivity index (χ4n) is 2.80. The number of aryl methyl sites for hydroxylation is 1. The van der Waals surface area contributed by atoms with Crippen LogP contribution in [0.2, 0.25) is 0 Å². The molecule has 0 aliphatic heterocycles. The molecule has 0 unspecified atom stereocenters. The molecule has 98 valence electrons. The molecule has 1 heteroatoms. The van der Waals surface area contributed by atoms with Crippen LogP contribution in [0.1, 0.15) is 35.1 Å². The zero-order valence-electron chi connectivity index (χ0n) is 11.5. The summed E-state index contributed by atoms with van der Waals surface area (Å²) in [5.74, 6) is 0. The van der Waals surface area contributed by atoms with Gasteiger partial charge in [0.25, 0.3) is 0 Å². The Bertz CT molecular complexity index is 564. The molecule has 1 aliphatic carbocycles. The molecule has 0 heterocycles. The molecule has 0 aromatic heterocycles. The maximum Gasteiger partial charge on any atom is 0.00762 e. The number of hydrogen-bond acceptors (Lipinski definition) is 1. The van der Waals surface area contributed by atoms with E-state index in [0.29, 0.717) is 5.41 Å². The lowest BCUT2D eigenvalue weighted by Gasteiger charge is -2.13. The minimum Gasteiger partial charge on any atom is -0.330 e. The van der Waals surface area contributed by atoms with Gasteiger partial charge in [0.15, 0.2) is 0 Å². The molecule has 0 amide bonds. The molecule has 2 N–H and O–H groups in total. The van der Waals surface area contributed by atoms with E-state index in [-0.39, 0.29) is 0 Å². The maximum atomic E-state index is 5.88. The molecule has 19 heavy (non-hydrogen) atoms. The fraction of sp³-hybridized carbons (Fsp3) is 0.333. The van der Waals surface area contributed by atoms with Crippen LogP contribution in [0, 0.1) is 6.92 Å². The Morgan fingerprint density at radius 3 is 2.32 bits per heavy atom. The van der Waals surface area contributed by atoms with E-state index >= 15 is 0 Å². The molecule has 0 atom stereocenters. The molecule has 1 saturated carbocycles. The minimum atomic E-state index is 0.307. The van der Waals surface area contributed by atoms with Crippen molar-refractivity contribution in [2.75, 3.05) is 6.54 Å². The van der Waals surface area contributed by atoms with Crippen molar-refractivity contribution in [3.63, 3.8) is 0 Å². The normalized spacial score (nSPS) is 16.3. The highest BCUT2D eigenvalue weighted by Crippen LogP contribution is 2.47. The summed E-state index contributed by atoms with van der Waals surface area (Å²) in [5.41, 5.74) is 11.7. The zero-order valence-corrected chi connectivity index (χ0v) is 11.5. The summed E-state index contributed by atoms with van der Waals surface area (Å²) in [5, 5.41) is 0. The predicted molar refractivity (Wildman–Crippen MR) is 80.4 cm³/mol. The van der Waals surface area contributed by atoms with Gasteiger partial charge in [-0.25, -0.2) is 0 Å². The second kappa shape index (κ2) is 4.82. The molecule has 2 aromatic rings. The Morgan fingerprint density at radius 2 is 1.74 bits per heavy atom. The molecule has 3 rings (SSSR count). The largest absolute Gasteiger partial charge is 0.330 e. The van der Waals surface area contributed by atoms with E-state index in [1.54, 1.807) is 0 Å². The van der Waals surface area contributed by atoms with E-state index in [2.05, 4.69) is 55.5 Å². The third kappa shape index (κ3) is 2.57. The third-order valence-electron chi connectivity index (χ3n) is 4.30. The number of nitrogens with two attached hydrogens (primary N) is 1. The van der Waals surface area contributed by atoms with Gasteiger partial charge in [-0.1, -0.05) is 54.1 Å². The number of benzene rings is 2. The van der Waals surface area contributed by atoms with Crippen molar-refractivity contribution in [1.29, 1.82) is 0 Å². The van der Waals surface area contributed by atoms with Crippen molar-refractivity contribution in [2.24, 2.45) is 5.73 Å². The van der Waals surface area contributed by atoms with Gasteiger partial charge in [-0.15, -0.1) is 0 Å². The van der Waals surface area contributed by atoms with Crippen LogP contribution in [0.5, 0.6) is 0 Å². The summed E-state index contributed by atoms with van der Waals surface area (Å²) >= 11 is 0. The second-order valence-electron chi connectivity index (χ2n) is 5.85. The van der Waals surface area contributed by atoms with E-state index in [9.17, 15) is 0 Å². The fourth-order valence-corrected chi connectivity index (χ4v) is 2.80. The Morgan fingerprint density at radius 1 is 1.00 bits per heavy atom. The molecule has 0 saturated heterocycles. The monoisotopic (exact) mass is 251 g/mol. The standard InChI is InChI=1S/C18H21N/c1-14-3-2-4-16(11-14)12-15-5-7-17(8-6-15)18(13-19)9-10-18/h2-8,11H,9-10,12-13,19H2,1H3. The van der Waals surface area contributed by atoms with Crippen molar-refractivity contribution in [3.8, 4) is 0 Å². The SMILES string of the molecule is Cc1cccc(Cc2ccc(C3(CN)CC3)cc2)c1. The van der Waals surface area contributed by atoms with Gasteiger partial charge in [0.2, 0.25) is 0 Å². The molecule has 0 radical (unpaired) electrons. The van der Waals surface area contributed by atoms with E-state index in [4.69, 9.17) is 5.73 Å². The van der Waals surface area contributed by atoms with E-state index in [1.165, 1.54) is 35.1 Å². The van der Waals surface area contributed by atoms with Crippen LogP contribution < -0.4 is 5.73 Å². The average Bonchev–Trinajstić information content (AvgIpc) is 3.21. The average molecular weight is 251 g/mol. The van der Waals surface area contributed by atoms with Crippen molar-refractivity contribution in [3.05, 3.63) is 70.8 Å². The molecular formula is C18H21N. The van der Waals surface area contributed by atoms with E-state index < -0.39 is 0 Å². The summed E-state index contributed by atoms with van der Waals surface area (Å²) in [6.45, 7) is 2.93. The van der Waals surface area contributed by atoms with Gasteiger partial charge in [-0.05, 0) is 42.9 Å². The predicted octanol–water partition coefficient (Wildman–Crippen LogP) is 3.58. The molecule has 1 aliphatic rings. The summed E-state index contributed by atoms with van der Waals surface area (Å²) < 4.78 is 0. The summed E-state index contributed by atoms with van der Waals surface area (Å²) in [6, 6.07) is 17.8. The van der Waals surface area contributed by atoms with Crippen LogP contribution in [0.15, 0.2) is 48.5 Å². The van der Waals surface area contributed by atoms with Gasteiger partial charge in [-0.2, -0.15) is 0 Å². The zero-order chi connectivity index (χ0) is 13.3. The highest BCUT2D eigenvalue weighted by Gasteiger charge is 2.42. The first kappa shape index (κ1) is 12.4. The topological polar surface area (TPSA) is 26.0 Å². The molecule has 2 aromatic carbocycles. The number of hydrogen-bond donors (Lipinski definition) is 1. The maximum absolute atomic E-state index is 5.88. The van der Waals surface area contributed by atoms with Gasteiger partial charge < -0.3 is 5.73 Å². The van der Waals surface area contributed by atoms with Gasteiger partial charge in [-0.3, -0.25) is 0 Å². The first-order valence-corrected chi connectivity index (χ1v) is 7.07. The Labute approximate surface area is 115 Å². The van der Waals surface area contributed by atoms with Crippen LogP contribution in [0.4, 0.5) is 0 Å². The van der Waals surface area contributed by atoms with Gasteiger partial charge in [0.05, 0.1) is 0 Å². The van der Waals surface area contributed by atoms with Gasteiger partial charge in [0.1, 0.15) is 0 Å². The third-order valence-corrected chi connectivity index (χ3v) is 4.30. The Kier molecular flexibility index (Phi) is 3.16. The van der Waals surface area contributed by atoms with Crippen LogP contribution in [-0.2, 0) is 11.8 Å². The van der Waals surface area contributed by atoms with E-state index in [1.807, 2.05) is 0 Å². The lowest BCUT2D eigenvalue weighted by molar-refractivity contribution is 0.704. The summed E-state index contributed by atoms with van der Waals surface area (Å²) in [6.07, 6.45) is 3.51. The van der Waals surface area contributed by atoms with Crippen molar-refractivity contribution in [1.82, 2.24) is 0 Å². The summed E-state index contributed by atoms with van der Waals surface area (Å²) in [4.78, 5) is 0. The first-order chi connectivity index (χ1) is 9.22. The Hall–Kier alpha value is -1.60. The van der Waals surface area contributed by atoms with Crippen molar-refractivity contribution < 1.29 is 0 Å². The summed E-state index contributed by atoms with van der Waals surface area (Å²) in [7, 11) is 0. The van der Waals surface area contributed by atoms with Crippen LogP contribution in [0.25, 0.3) is 0 Å². The quantitative estimate of drug-likeness (QED) is 0.883. The van der Waals surface area contributed by atoms with Crippen molar-refractivity contribution >= 4 is 0 Å². The van der Waals surface area contributed by atoms with Crippen LogP contribution >= 0.6 is 0 Å². The van der Waals surface area contributed by atoms with E-state index in [0.717, 1.165) is 13.0 Å². The molecule has 1 nitrogen and oxygen atoms in total. The lowest BCUT2D eigenvalue weighted by atomic mass is 9.94.